The molecule has 3 heteroatoms. The van der Waals surface area contributed by atoms with Crippen molar-refractivity contribution in [3.8, 4) is 0 Å². The van der Waals surface area contributed by atoms with Gasteiger partial charge in [-0.2, -0.15) is 11.8 Å². The predicted molar refractivity (Wildman–Crippen MR) is 54.9 cm³/mol. The summed E-state index contributed by atoms with van der Waals surface area (Å²) in [6.07, 6.45) is 2.72. The van der Waals surface area contributed by atoms with Gasteiger partial charge in [0.15, 0.2) is 5.78 Å². The predicted octanol–water partition coefficient (Wildman–Crippen LogP) is 2.07. The molecule has 0 spiro atoms. The Labute approximate surface area is 83.5 Å². The summed E-state index contributed by atoms with van der Waals surface area (Å²) < 4.78 is -0.350. The van der Waals surface area contributed by atoms with E-state index in [1.165, 1.54) is 0 Å². The second-order valence-corrected chi connectivity index (χ2v) is 5.83. The van der Waals surface area contributed by atoms with Gasteiger partial charge in [-0.15, -0.1) is 0 Å². The van der Waals surface area contributed by atoms with Gasteiger partial charge in [0.25, 0.3) is 0 Å². The third-order valence-corrected chi connectivity index (χ3v) is 4.17. The lowest BCUT2D eigenvalue weighted by atomic mass is 9.71. The van der Waals surface area contributed by atoms with Gasteiger partial charge in [-0.05, 0) is 19.6 Å². The van der Waals surface area contributed by atoms with Gasteiger partial charge in [0.2, 0.25) is 0 Å². The normalized spacial score (nSPS) is 33.5. The molecule has 2 nitrogen and oxygen atoms in total. The molecule has 0 aromatic carbocycles. The molecular weight excluding hydrogens is 184 g/mol. The molecular formula is C10H16O2S. The minimum Gasteiger partial charge on any atom is -0.299 e. The first-order valence-electron chi connectivity index (χ1n) is 4.43. The molecule has 1 unspecified atom stereocenters. The van der Waals surface area contributed by atoms with Crippen LogP contribution in [0.4, 0.5) is 0 Å². The minimum absolute atomic E-state index is 0.0871. The minimum atomic E-state index is -0.350. The Balaban J connectivity index is 2.95. The van der Waals surface area contributed by atoms with Crippen molar-refractivity contribution in [2.45, 2.75) is 38.4 Å². The van der Waals surface area contributed by atoms with Crippen LogP contribution in [-0.2, 0) is 9.59 Å². The maximum atomic E-state index is 11.6. The van der Waals surface area contributed by atoms with Gasteiger partial charge in [-0.1, -0.05) is 13.8 Å². The van der Waals surface area contributed by atoms with Gasteiger partial charge in [0, 0.05) is 5.41 Å². The molecule has 74 valence electrons. The summed E-state index contributed by atoms with van der Waals surface area (Å²) in [4.78, 5) is 23.1. The molecule has 0 aromatic rings. The van der Waals surface area contributed by atoms with Gasteiger partial charge in [0.1, 0.15) is 5.78 Å². The van der Waals surface area contributed by atoms with Gasteiger partial charge in [0.05, 0.1) is 11.2 Å². The van der Waals surface area contributed by atoms with Crippen LogP contribution in [0.15, 0.2) is 0 Å². The summed E-state index contributed by atoms with van der Waals surface area (Å²) in [5.41, 5.74) is -0.328. The van der Waals surface area contributed by atoms with Gasteiger partial charge in [-0.3, -0.25) is 9.59 Å². The summed E-state index contributed by atoms with van der Waals surface area (Å²) >= 11 is 1.56. The lowest BCUT2D eigenvalue weighted by Crippen LogP contribution is -2.47. The van der Waals surface area contributed by atoms with Crippen molar-refractivity contribution >= 4 is 23.3 Å². The highest BCUT2D eigenvalue weighted by molar-refractivity contribution is 8.00. The van der Waals surface area contributed by atoms with E-state index in [0.717, 1.165) is 0 Å². The van der Waals surface area contributed by atoms with Crippen LogP contribution in [0.1, 0.15) is 33.6 Å². The van der Waals surface area contributed by atoms with E-state index in [4.69, 9.17) is 0 Å². The standard InChI is InChI=1S/C10H16O2S/c1-9(2)6-10(3,13-4)8(12)5-7(9)11/h5-6H2,1-4H3. The van der Waals surface area contributed by atoms with Crippen LogP contribution < -0.4 is 0 Å². The highest BCUT2D eigenvalue weighted by Crippen LogP contribution is 2.42. The van der Waals surface area contributed by atoms with Crippen molar-refractivity contribution in [1.82, 2.24) is 0 Å². The van der Waals surface area contributed by atoms with Crippen LogP contribution in [0, 0.1) is 5.41 Å². The summed E-state index contributed by atoms with van der Waals surface area (Å²) in [5.74, 6) is 0.174. The maximum absolute atomic E-state index is 11.6. The van der Waals surface area contributed by atoms with E-state index < -0.39 is 0 Å². The monoisotopic (exact) mass is 200 g/mol. The van der Waals surface area contributed by atoms with Crippen molar-refractivity contribution in [2.24, 2.45) is 5.41 Å². The van der Waals surface area contributed by atoms with E-state index in [1.54, 1.807) is 11.8 Å². The highest BCUT2D eigenvalue weighted by atomic mass is 32.2. The summed E-state index contributed by atoms with van der Waals surface area (Å²) in [7, 11) is 0. The molecule has 1 aliphatic carbocycles. The number of Topliss-reactive ketones (excluding diaryl/α,β-unsaturated/α-hetero) is 2. The summed E-state index contributed by atoms with van der Waals surface area (Å²) in [5, 5.41) is 0. The molecule has 0 aromatic heterocycles. The zero-order chi connectivity index (χ0) is 10.3. The topological polar surface area (TPSA) is 34.1 Å². The van der Waals surface area contributed by atoms with Crippen LogP contribution in [0.3, 0.4) is 0 Å². The number of thioether (sulfide) groups is 1. The SMILES string of the molecule is CSC1(C)CC(C)(C)C(=O)CC1=O. The molecule has 1 aliphatic rings. The van der Waals surface area contributed by atoms with E-state index >= 15 is 0 Å². The van der Waals surface area contributed by atoms with Gasteiger partial charge < -0.3 is 0 Å². The molecule has 0 heterocycles. The fourth-order valence-electron chi connectivity index (χ4n) is 1.80. The highest BCUT2D eigenvalue weighted by Gasteiger charge is 2.47. The van der Waals surface area contributed by atoms with E-state index in [2.05, 4.69) is 0 Å². The average Bonchev–Trinajstić information content (AvgIpc) is 2.01. The van der Waals surface area contributed by atoms with Crippen molar-refractivity contribution in [3.63, 3.8) is 0 Å². The molecule has 1 atom stereocenters. The Morgan fingerprint density at radius 2 is 1.69 bits per heavy atom. The quantitative estimate of drug-likeness (QED) is 0.608. The third-order valence-electron chi connectivity index (χ3n) is 2.90. The Hall–Kier alpha value is -0.310. The van der Waals surface area contributed by atoms with Crippen LogP contribution in [-0.4, -0.2) is 22.6 Å². The molecule has 0 N–H and O–H groups in total. The van der Waals surface area contributed by atoms with Crippen molar-refractivity contribution in [2.75, 3.05) is 6.26 Å². The largest absolute Gasteiger partial charge is 0.299 e. The van der Waals surface area contributed by atoms with Crippen LogP contribution >= 0.6 is 11.8 Å². The number of rotatable bonds is 1. The molecule has 0 amide bonds. The zero-order valence-electron chi connectivity index (χ0n) is 8.64. The zero-order valence-corrected chi connectivity index (χ0v) is 9.46. The fraction of sp³-hybridized carbons (Fsp3) is 0.800. The molecule has 1 saturated carbocycles. The molecule has 0 radical (unpaired) electrons. The number of ketones is 2. The maximum Gasteiger partial charge on any atom is 0.155 e. The average molecular weight is 200 g/mol. The van der Waals surface area contributed by atoms with Crippen molar-refractivity contribution in [1.29, 1.82) is 0 Å². The first-order chi connectivity index (χ1) is 5.82. The smallest absolute Gasteiger partial charge is 0.155 e. The first-order valence-corrected chi connectivity index (χ1v) is 5.66. The lowest BCUT2D eigenvalue weighted by molar-refractivity contribution is -0.138. The summed E-state index contributed by atoms with van der Waals surface area (Å²) in [6, 6.07) is 0. The van der Waals surface area contributed by atoms with Crippen molar-refractivity contribution in [3.05, 3.63) is 0 Å². The lowest BCUT2D eigenvalue weighted by Gasteiger charge is -2.39. The van der Waals surface area contributed by atoms with Crippen LogP contribution in [0.5, 0.6) is 0 Å². The first kappa shape index (κ1) is 10.8. The van der Waals surface area contributed by atoms with E-state index in [1.807, 2.05) is 27.0 Å². The van der Waals surface area contributed by atoms with Crippen LogP contribution in [0.2, 0.25) is 0 Å². The van der Waals surface area contributed by atoms with E-state index in [9.17, 15) is 9.59 Å². The second kappa shape index (κ2) is 3.12. The third kappa shape index (κ3) is 1.80. The van der Waals surface area contributed by atoms with Crippen molar-refractivity contribution < 1.29 is 9.59 Å². The Kier molecular flexibility index (Phi) is 2.59. The fourth-order valence-corrected chi connectivity index (χ4v) is 2.60. The molecule has 13 heavy (non-hydrogen) atoms. The Morgan fingerprint density at radius 1 is 1.15 bits per heavy atom. The van der Waals surface area contributed by atoms with E-state index in [0.29, 0.717) is 6.42 Å². The number of carbonyl (C=O) groups is 2. The summed E-state index contributed by atoms with van der Waals surface area (Å²) in [6.45, 7) is 5.79. The molecule has 0 bridgehead atoms. The van der Waals surface area contributed by atoms with Gasteiger partial charge >= 0.3 is 0 Å². The van der Waals surface area contributed by atoms with Crippen LogP contribution in [0.25, 0.3) is 0 Å². The Bertz CT molecular complexity index is 258. The Morgan fingerprint density at radius 3 is 2.15 bits per heavy atom. The molecule has 1 fully saturated rings. The molecule has 1 rings (SSSR count). The van der Waals surface area contributed by atoms with Gasteiger partial charge in [-0.25, -0.2) is 0 Å². The number of carbonyl (C=O) groups excluding carboxylic acids is 2. The number of hydrogen-bond acceptors (Lipinski definition) is 3. The molecule has 0 aliphatic heterocycles. The second-order valence-electron chi connectivity index (χ2n) is 4.52. The molecule has 0 saturated heterocycles. The number of hydrogen-bond donors (Lipinski definition) is 0. The van der Waals surface area contributed by atoms with E-state index in [-0.39, 0.29) is 28.1 Å².